The fourth-order valence-corrected chi connectivity index (χ4v) is 2.72. The van der Waals surface area contributed by atoms with Crippen molar-refractivity contribution in [3.8, 4) is 5.75 Å². The van der Waals surface area contributed by atoms with Crippen LogP contribution < -0.4 is 0 Å². The zero-order valence-corrected chi connectivity index (χ0v) is 13.3. The predicted molar refractivity (Wildman–Crippen MR) is 84.1 cm³/mol. The lowest BCUT2D eigenvalue weighted by Gasteiger charge is -2.29. The molecule has 2 N–H and O–H groups in total. The lowest BCUT2D eigenvalue weighted by atomic mass is 9.76. The number of phenols is 1. The van der Waals surface area contributed by atoms with Gasteiger partial charge < -0.3 is 10.3 Å². The molecule has 0 aliphatic rings. The number of nitrogens with zero attached hydrogens (tertiary/aromatic N) is 1. The highest BCUT2D eigenvalue weighted by molar-refractivity contribution is 5.85. The van der Waals surface area contributed by atoms with E-state index in [1.165, 1.54) is 25.5 Å². The summed E-state index contributed by atoms with van der Waals surface area (Å²) in [6.07, 6.45) is 6.12. The van der Waals surface area contributed by atoms with Crippen molar-refractivity contribution in [1.29, 1.82) is 0 Å². The summed E-state index contributed by atoms with van der Waals surface area (Å²) in [7, 11) is 0. The van der Waals surface area contributed by atoms with Crippen LogP contribution >= 0.6 is 0 Å². The van der Waals surface area contributed by atoms with Crippen LogP contribution in [0.25, 0.3) is 0 Å². The molecule has 0 amide bonds. The molecule has 0 saturated carbocycles. The Kier molecular flexibility index (Phi) is 5.61. The van der Waals surface area contributed by atoms with Gasteiger partial charge in [-0.15, -0.1) is 0 Å². The second-order valence-electron chi connectivity index (χ2n) is 6.21. The van der Waals surface area contributed by atoms with Crippen molar-refractivity contribution in [2.45, 2.75) is 65.7 Å². The Morgan fingerprint density at radius 2 is 1.90 bits per heavy atom. The summed E-state index contributed by atoms with van der Waals surface area (Å²) < 4.78 is 0. The summed E-state index contributed by atoms with van der Waals surface area (Å²) in [5.74, 6) is 0.285. The number of unbranched alkanes of at least 4 members (excludes halogenated alkanes) is 2. The summed E-state index contributed by atoms with van der Waals surface area (Å²) in [6.45, 7) is 10.4. The average molecular weight is 277 g/mol. The normalized spacial score (nSPS) is 12.2. The smallest absolute Gasteiger partial charge is 0.122 e. The molecule has 1 aromatic rings. The van der Waals surface area contributed by atoms with Crippen LogP contribution in [0.2, 0.25) is 0 Å². The van der Waals surface area contributed by atoms with Gasteiger partial charge in [0.15, 0.2) is 0 Å². The van der Waals surface area contributed by atoms with Crippen molar-refractivity contribution in [3.05, 3.63) is 28.3 Å². The van der Waals surface area contributed by atoms with Gasteiger partial charge in [0.2, 0.25) is 0 Å². The van der Waals surface area contributed by atoms with Gasteiger partial charge in [-0.2, -0.15) is 0 Å². The quantitative estimate of drug-likeness (QED) is 0.343. The first-order chi connectivity index (χ1) is 9.35. The zero-order valence-electron chi connectivity index (χ0n) is 13.3. The first kappa shape index (κ1) is 16.5. The topological polar surface area (TPSA) is 52.8 Å². The molecular formula is C17H27NO2. The fourth-order valence-electron chi connectivity index (χ4n) is 2.72. The van der Waals surface area contributed by atoms with Crippen LogP contribution in [0.4, 0.5) is 0 Å². The van der Waals surface area contributed by atoms with Crippen molar-refractivity contribution in [2.24, 2.45) is 5.16 Å². The molecule has 0 radical (unpaired) electrons. The molecule has 3 heteroatoms. The Morgan fingerprint density at radius 3 is 2.45 bits per heavy atom. The van der Waals surface area contributed by atoms with E-state index in [-0.39, 0.29) is 11.2 Å². The van der Waals surface area contributed by atoms with E-state index >= 15 is 0 Å². The van der Waals surface area contributed by atoms with Gasteiger partial charge in [-0.05, 0) is 36.8 Å². The minimum atomic E-state index is -0.00505. The molecule has 0 spiro atoms. The largest absolute Gasteiger partial charge is 0.507 e. The van der Waals surface area contributed by atoms with Crippen LogP contribution in [-0.2, 0) is 5.41 Å². The molecule has 3 nitrogen and oxygen atoms in total. The third-order valence-electron chi connectivity index (χ3n) is 4.11. The monoisotopic (exact) mass is 277 g/mol. The highest BCUT2D eigenvalue weighted by atomic mass is 16.4. The number of hydrogen-bond acceptors (Lipinski definition) is 3. The lowest BCUT2D eigenvalue weighted by Crippen LogP contribution is -2.20. The van der Waals surface area contributed by atoms with E-state index in [4.69, 9.17) is 5.21 Å². The number of rotatable bonds is 6. The highest BCUT2D eigenvalue weighted by Gasteiger charge is 2.25. The lowest BCUT2D eigenvalue weighted by molar-refractivity contribution is 0.321. The van der Waals surface area contributed by atoms with Crippen molar-refractivity contribution in [3.63, 3.8) is 0 Å². The molecule has 0 atom stereocenters. The molecule has 0 unspecified atom stereocenters. The third-order valence-corrected chi connectivity index (χ3v) is 4.11. The molecule has 1 aromatic carbocycles. The summed E-state index contributed by atoms with van der Waals surface area (Å²) >= 11 is 0. The van der Waals surface area contributed by atoms with Gasteiger partial charge in [-0.1, -0.05) is 51.3 Å². The maximum absolute atomic E-state index is 10.1. The molecule has 0 bridgehead atoms. The average Bonchev–Trinajstić information content (AvgIpc) is 2.39. The maximum atomic E-state index is 10.1. The standard InChI is InChI=1S/C17H27NO2/c1-6-7-8-9-17(4,5)15-10-12(2)16(19)13(3)14(15)11-18-20/h10-11,19-20H,6-9H2,1-5H3. The van der Waals surface area contributed by atoms with E-state index in [0.29, 0.717) is 0 Å². The van der Waals surface area contributed by atoms with Crippen LogP contribution in [0.15, 0.2) is 11.2 Å². The van der Waals surface area contributed by atoms with Gasteiger partial charge >= 0.3 is 0 Å². The molecule has 112 valence electrons. The number of benzene rings is 1. The van der Waals surface area contributed by atoms with Crippen LogP contribution in [0.1, 0.15) is 68.7 Å². The van der Waals surface area contributed by atoms with E-state index in [1.807, 2.05) is 19.9 Å². The van der Waals surface area contributed by atoms with Gasteiger partial charge in [0.05, 0.1) is 6.21 Å². The van der Waals surface area contributed by atoms with Crippen molar-refractivity contribution in [1.82, 2.24) is 0 Å². The van der Waals surface area contributed by atoms with Gasteiger partial charge in [0.25, 0.3) is 0 Å². The molecule has 1 rings (SSSR count). The van der Waals surface area contributed by atoms with Crippen LogP contribution in [0.5, 0.6) is 5.75 Å². The van der Waals surface area contributed by atoms with Gasteiger partial charge in [-0.3, -0.25) is 0 Å². The Morgan fingerprint density at radius 1 is 1.25 bits per heavy atom. The predicted octanol–water partition coefficient (Wildman–Crippen LogP) is 4.68. The zero-order chi connectivity index (χ0) is 15.3. The van der Waals surface area contributed by atoms with E-state index < -0.39 is 0 Å². The Labute approximate surface area is 122 Å². The summed E-state index contributed by atoms with van der Waals surface area (Å²) in [5, 5.41) is 22.1. The second-order valence-corrected chi connectivity index (χ2v) is 6.21. The van der Waals surface area contributed by atoms with Crippen molar-refractivity contribution < 1.29 is 10.3 Å². The van der Waals surface area contributed by atoms with Gasteiger partial charge in [-0.25, -0.2) is 0 Å². The minimum absolute atomic E-state index is 0.00505. The number of hydrogen-bond donors (Lipinski definition) is 2. The van der Waals surface area contributed by atoms with Gasteiger partial charge in [0, 0.05) is 11.1 Å². The van der Waals surface area contributed by atoms with E-state index in [1.54, 1.807) is 0 Å². The fraction of sp³-hybridized carbons (Fsp3) is 0.588. The molecule has 20 heavy (non-hydrogen) atoms. The third kappa shape index (κ3) is 3.53. The summed E-state index contributed by atoms with van der Waals surface area (Å²) in [6, 6.07) is 2.02. The van der Waals surface area contributed by atoms with Crippen LogP contribution in [0, 0.1) is 13.8 Å². The van der Waals surface area contributed by atoms with Crippen LogP contribution in [0.3, 0.4) is 0 Å². The molecule has 0 saturated heterocycles. The summed E-state index contributed by atoms with van der Waals surface area (Å²) in [4.78, 5) is 0. The van der Waals surface area contributed by atoms with E-state index in [2.05, 4.69) is 25.9 Å². The number of oxime groups is 1. The van der Waals surface area contributed by atoms with E-state index in [0.717, 1.165) is 28.7 Å². The van der Waals surface area contributed by atoms with Crippen molar-refractivity contribution in [2.75, 3.05) is 0 Å². The molecule has 0 aliphatic carbocycles. The number of aryl methyl sites for hydroxylation is 1. The molecule has 0 heterocycles. The SMILES string of the molecule is CCCCCC(C)(C)c1cc(C)c(O)c(C)c1C=NO. The maximum Gasteiger partial charge on any atom is 0.122 e. The van der Waals surface area contributed by atoms with Crippen molar-refractivity contribution >= 4 is 6.21 Å². The molecular weight excluding hydrogens is 250 g/mol. The first-order valence-corrected chi connectivity index (χ1v) is 7.36. The van der Waals surface area contributed by atoms with Gasteiger partial charge in [0.1, 0.15) is 5.75 Å². The Bertz CT molecular complexity index is 490. The second kappa shape index (κ2) is 6.78. The number of phenolic OH excluding ortho intramolecular Hbond substituents is 1. The molecule has 0 fully saturated rings. The van der Waals surface area contributed by atoms with E-state index in [9.17, 15) is 5.11 Å². The highest BCUT2D eigenvalue weighted by Crippen LogP contribution is 2.37. The number of aromatic hydroxyl groups is 1. The van der Waals surface area contributed by atoms with Crippen LogP contribution in [-0.4, -0.2) is 16.5 Å². The first-order valence-electron chi connectivity index (χ1n) is 7.36. The minimum Gasteiger partial charge on any atom is -0.507 e. The summed E-state index contributed by atoms with van der Waals surface area (Å²) in [5.41, 5.74) is 3.61. The molecule has 0 aromatic heterocycles. The Balaban J connectivity index is 3.28. The Hall–Kier alpha value is -1.51. The molecule has 0 aliphatic heterocycles.